The number of benzene rings is 1. The van der Waals surface area contributed by atoms with Crippen molar-refractivity contribution in [2.45, 2.75) is 77.0 Å². The molecule has 1 aliphatic carbocycles. The second kappa shape index (κ2) is 8.24. The Morgan fingerprint density at radius 2 is 1.65 bits per heavy atom. The van der Waals surface area contributed by atoms with Crippen molar-refractivity contribution in [3.05, 3.63) is 35.4 Å². The topological polar surface area (TPSA) is 17.1 Å². The smallest absolute Gasteiger partial charge is 0.162 e. The normalized spacial score (nSPS) is 15.1. The molecule has 1 aliphatic rings. The zero-order chi connectivity index (χ0) is 14.2. The molecular weight excluding hydrogens is 244 g/mol. The minimum atomic E-state index is 0.320. The summed E-state index contributed by atoms with van der Waals surface area (Å²) in [4.78, 5) is 12.1. The van der Waals surface area contributed by atoms with E-state index in [1.165, 1.54) is 56.9 Å². The second-order valence-corrected chi connectivity index (χ2v) is 6.19. The number of hydrogen-bond donors (Lipinski definition) is 0. The summed E-state index contributed by atoms with van der Waals surface area (Å²) in [5.74, 6) is 1.08. The average Bonchev–Trinajstić information content (AvgIpc) is 2.41. The molecule has 2 rings (SSSR count). The maximum atomic E-state index is 12.1. The summed E-state index contributed by atoms with van der Waals surface area (Å²) in [6, 6.07) is 8.40. The van der Waals surface area contributed by atoms with Crippen LogP contribution in [0.15, 0.2) is 24.3 Å². The molecule has 0 amide bonds. The molecule has 1 aromatic rings. The van der Waals surface area contributed by atoms with Crippen LogP contribution in [0.25, 0.3) is 0 Å². The van der Waals surface area contributed by atoms with Crippen LogP contribution in [0.2, 0.25) is 0 Å². The van der Waals surface area contributed by atoms with Gasteiger partial charge in [-0.2, -0.15) is 0 Å². The van der Waals surface area contributed by atoms with E-state index in [4.69, 9.17) is 0 Å². The lowest BCUT2D eigenvalue weighted by Gasteiger charge is -2.25. The highest BCUT2D eigenvalue weighted by Crippen LogP contribution is 2.36. The van der Waals surface area contributed by atoms with Crippen molar-refractivity contribution < 1.29 is 4.79 Å². The van der Waals surface area contributed by atoms with Crippen molar-refractivity contribution in [2.75, 3.05) is 0 Å². The summed E-state index contributed by atoms with van der Waals surface area (Å²) < 4.78 is 0. The predicted octanol–water partition coefficient (Wildman–Crippen LogP) is 5.89. The van der Waals surface area contributed by atoms with E-state index in [0.717, 1.165) is 24.3 Å². The van der Waals surface area contributed by atoms with E-state index < -0.39 is 0 Å². The van der Waals surface area contributed by atoms with E-state index in [-0.39, 0.29) is 0 Å². The minimum absolute atomic E-state index is 0.320. The Morgan fingerprint density at radius 1 is 1.00 bits per heavy atom. The first-order valence-corrected chi connectivity index (χ1v) is 8.44. The zero-order valence-corrected chi connectivity index (χ0v) is 12.9. The van der Waals surface area contributed by atoms with E-state index >= 15 is 0 Å². The molecule has 0 saturated heterocycles. The van der Waals surface area contributed by atoms with Gasteiger partial charge in [0.2, 0.25) is 0 Å². The summed E-state index contributed by atoms with van der Waals surface area (Å²) in [5.41, 5.74) is 2.33. The number of rotatable bonds is 9. The Hall–Kier alpha value is -1.11. The molecule has 1 heteroatoms. The van der Waals surface area contributed by atoms with E-state index in [1.54, 1.807) is 0 Å². The molecule has 0 N–H and O–H groups in total. The van der Waals surface area contributed by atoms with Crippen LogP contribution < -0.4 is 0 Å². The molecule has 0 aliphatic heterocycles. The van der Waals surface area contributed by atoms with Gasteiger partial charge in [0.15, 0.2) is 5.78 Å². The standard InChI is InChI=1S/C19H28O/c1-2-3-4-5-6-7-11-19(20)18-14-12-17(13-15-18)16-9-8-10-16/h12-16H,2-11H2,1H3. The number of unbranched alkanes of at least 4 members (excludes halogenated alkanes) is 5. The fraction of sp³-hybridized carbons (Fsp3) is 0.632. The van der Waals surface area contributed by atoms with Gasteiger partial charge in [-0.1, -0.05) is 69.7 Å². The Morgan fingerprint density at radius 3 is 2.25 bits per heavy atom. The van der Waals surface area contributed by atoms with Gasteiger partial charge in [-0.3, -0.25) is 4.79 Å². The molecule has 110 valence electrons. The quantitative estimate of drug-likeness (QED) is 0.405. The first-order chi connectivity index (χ1) is 9.81. The molecule has 1 aromatic carbocycles. The van der Waals surface area contributed by atoms with Crippen LogP contribution in [0.3, 0.4) is 0 Å². The van der Waals surface area contributed by atoms with Crippen molar-refractivity contribution in [1.29, 1.82) is 0 Å². The maximum Gasteiger partial charge on any atom is 0.162 e. The molecule has 0 spiro atoms. The van der Waals surface area contributed by atoms with Crippen molar-refractivity contribution >= 4 is 5.78 Å². The molecule has 0 radical (unpaired) electrons. The number of Topliss-reactive ketones (excluding diaryl/α,β-unsaturated/α-hetero) is 1. The van der Waals surface area contributed by atoms with Crippen LogP contribution in [-0.2, 0) is 0 Å². The Bertz CT molecular complexity index is 400. The molecule has 20 heavy (non-hydrogen) atoms. The van der Waals surface area contributed by atoms with Crippen LogP contribution in [0.1, 0.15) is 93.0 Å². The van der Waals surface area contributed by atoms with Crippen LogP contribution in [0.5, 0.6) is 0 Å². The van der Waals surface area contributed by atoms with E-state index in [1.807, 2.05) is 12.1 Å². The second-order valence-electron chi connectivity index (χ2n) is 6.19. The van der Waals surface area contributed by atoms with Crippen molar-refractivity contribution in [2.24, 2.45) is 0 Å². The van der Waals surface area contributed by atoms with Crippen molar-refractivity contribution in [3.8, 4) is 0 Å². The molecule has 0 bridgehead atoms. The van der Waals surface area contributed by atoms with Crippen LogP contribution in [0, 0.1) is 0 Å². The van der Waals surface area contributed by atoms with Crippen LogP contribution in [0.4, 0.5) is 0 Å². The molecule has 0 heterocycles. The Labute approximate surface area is 123 Å². The first-order valence-electron chi connectivity index (χ1n) is 8.44. The molecule has 1 saturated carbocycles. The minimum Gasteiger partial charge on any atom is -0.294 e. The van der Waals surface area contributed by atoms with Gasteiger partial charge in [0.25, 0.3) is 0 Å². The zero-order valence-electron chi connectivity index (χ0n) is 12.9. The molecule has 1 nitrogen and oxygen atoms in total. The summed E-state index contributed by atoms with van der Waals surface area (Å²) >= 11 is 0. The summed E-state index contributed by atoms with van der Waals surface area (Å²) in [6.45, 7) is 2.23. The van der Waals surface area contributed by atoms with Gasteiger partial charge < -0.3 is 0 Å². The van der Waals surface area contributed by atoms with Gasteiger partial charge in [-0.25, -0.2) is 0 Å². The fourth-order valence-corrected chi connectivity index (χ4v) is 2.89. The summed E-state index contributed by atoms with van der Waals surface area (Å²) in [6.07, 6.45) is 12.2. The third-order valence-corrected chi connectivity index (χ3v) is 4.57. The third-order valence-electron chi connectivity index (χ3n) is 4.57. The molecule has 0 unspecified atom stereocenters. The van der Waals surface area contributed by atoms with Gasteiger partial charge in [-0.15, -0.1) is 0 Å². The highest BCUT2D eigenvalue weighted by atomic mass is 16.1. The summed E-state index contributed by atoms with van der Waals surface area (Å²) in [7, 11) is 0. The van der Waals surface area contributed by atoms with Gasteiger partial charge in [0, 0.05) is 12.0 Å². The molecule has 0 atom stereocenters. The lowest BCUT2D eigenvalue weighted by molar-refractivity contribution is 0.0979. The van der Waals surface area contributed by atoms with Crippen LogP contribution >= 0.6 is 0 Å². The molecule has 0 aromatic heterocycles. The van der Waals surface area contributed by atoms with E-state index in [9.17, 15) is 4.79 Å². The number of carbonyl (C=O) groups is 1. The summed E-state index contributed by atoms with van der Waals surface area (Å²) in [5, 5.41) is 0. The first kappa shape index (κ1) is 15.3. The van der Waals surface area contributed by atoms with Crippen molar-refractivity contribution in [1.82, 2.24) is 0 Å². The maximum absolute atomic E-state index is 12.1. The van der Waals surface area contributed by atoms with E-state index in [0.29, 0.717) is 5.78 Å². The largest absolute Gasteiger partial charge is 0.294 e. The monoisotopic (exact) mass is 272 g/mol. The average molecular weight is 272 g/mol. The molecular formula is C19H28O. The van der Waals surface area contributed by atoms with Gasteiger partial charge >= 0.3 is 0 Å². The van der Waals surface area contributed by atoms with Crippen LogP contribution in [-0.4, -0.2) is 5.78 Å². The lowest BCUT2D eigenvalue weighted by Crippen LogP contribution is -2.09. The highest BCUT2D eigenvalue weighted by molar-refractivity contribution is 5.96. The highest BCUT2D eigenvalue weighted by Gasteiger charge is 2.19. The number of ketones is 1. The molecule has 1 fully saturated rings. The number of carbonyl (C=O) groups excluding carboxylic acids is 1. The van der Waals surface area contributed by atoms with Gasteiger partial charge in [0.1, 0.15) is 0 Å². The Balaban J connectivity index is 1.69. The van der Waals surface area contributed by atoms with Crippen molar-refractivity contribution in [3.63, 3.8) is 0 Å². The van der Waals surface area contributed by atoms with Gasteiger partial charge in [0.05, 0.1) is 0 Å². The number of hydrogen-bond acceptors (Lipinski definition) is 1. The SMILES string of the molecule is CCCCCCCCC(=O)c1ccc(C2CCC2)cc1. The van der Waals surface area contributed by atoms with E-state index in [2.05, 4.69) is 19.1 Å². The predicted molar refractivity (Wildman–Crippen MR) is 85.4 cm³/mol. The lowest BCUT2D eigenvalue weighted by atomic mass is 9.80. The third kappa shape index (κ3) is 4.47. The fourth-order valence-electron chi connectivity index (χ4n) is 2.89. The Kier molecular flexibility index (Phi) is 6.29. The van der Waals surface area contributed by atoms with Gasteiger partial charge in [-0.05, 0) is 30.7 Å².